The maximum atomic E-state index is 12.3. The van der Waals surface area contributed by atoms with Gasteiger partial charge in [-0.2, -0.15) is 0 Å². The van der Waals surface area contributed by atoms with E-state index in [0.717, 1.165) is 10.9 Å². The summed E-state index contributed by atoms with van der Waals surface area (Å²) in [6.07, 6.45) is 0.770. The van der Waals surface area contributed by atoms with Crippen LogP contribution < -0.4 is 20.3 Å². The molecule has 0 unspecified atom stereocenters. The molecule has 0 atom stereocenters. The minimum absolute atomic E-state index is 0.218. The highest BCUT2D eigenvalue weighted by Crippen LogP contribution is 2.16. The highest BCUT2D eigenvalue weighted by Gasteiger charge is 2.09. The van der Waals surface area contributed by atoms with Crippen molar-refractivity contribution in [2.45, 2.75) is 6.42 Å². The minimum atomic E-state index is -0.471. The molecular weight excluding hydrogens is 448 g/mol. The Labute approximate surface area is 183 Å². The van der Waals surface area contributed by atoms with Crippen molar-refractivity contribution in [1.82, 2.24) is 10.9 Å². The monoisotopic (exact) mass is 468 g/mol. The van der Waals surface area contributed by atoms with Crippen molar-refractivity contribution in [3.8, 4) is 11.5 Å². The van der Waals surface area contributed by atoms with E-state index < -0.39 is 11.8 Å². The Hall–Kier alpha value is -3.32. The predicted molar refractivity (Wildman–Crippen MR) is 117 cm³/mol. The standard InChI is InChI=1S/C23H21BrN2O4/c24-19-9-11-20(12-10-19)30-16-22(27)25-26-23(28)18-7-4-8-21(15-18)29-14-13-17-5-2-1-3-6-17/h1-12,15H,13-14,16H2,(H,25,27)(H,26,28). The molecule has 0 saturated heterocycles. The van der Waals surface area contributed by atoms with Gasteiger partial charge in [0.25, 0.3) is 11.8 Å². The molecule has 30 heavy (non-hydrogen) atoms. The van der Waals surface area contributed by atoms with Gasteiger partial charge < -0.3 is 9.47 Å². The Kier molecular flexibility index (Phi) is 7.86. The first-order valence-corrected chi connectivity index (χ1v) is 10.1. The molecule has 0 fully saturated rings. The number of hydrazine groups is 1. The number of hydrogen-bond donors (Lipinski definition) is 2. The summed E-state index contributed by atoms with van der Waals surface area (Å²) in [6.45, 7) is 0.282. The van der Waals surface area contributed by atoms with Crippen LogP contribution in [0.4, 0.5) is 0 Å². The predicted octanol–water partition coefficient (Wildman–Crippen LogP) is 3.91. The van der Waals surface area contributed by atoms with Gasteiger partial charge in [-0.05, 0) is 48.0 Å². The van der Waals surface area contributed by atoms with Gasteiger partial charge in [0.05, 0.1) is 6.61 Å². The number of amides is 2. The molecule has 0 heterocycles. The smallest absolute Gasteiger partial charge is 0.276 e. The third-order valence-electron chi connectivity index (χ3n) is 4.10. The second-order valence-electron chi connectivity index (χ2n) is 6.36. The van der Waals surface area contributed by atoms with Gasteiger partial charge in [-0.25, -0.2) is 0 Å². The molecule has 0 aliphatic heterocycles. The molecule has 0 aliphatic rings. The zero-order chi connectivity index (χ0) is 21.2. The van der Waals surface area contributed by atoms with E-state index in [0.29, 0.717) is 23.7 Å². The van der Waals surface area contributed by atoms with Crippen LogP contribution in [-0.2, 0) is 11.2 Å². The van der Waals surface area contributed by atoms with Crippen molar-refractivity contribution in [3.05, 3.63) is 94.5 Å². The summed E-state index contributed by atoms with van der Waals surface area (Å²) in [6, 6.07) is 23.9. The summed E-state index contributed by atoms with van der Waals surface area (Å²) in [5.41, 5.74) is 6.26. The molecule has 3 aromatic carbocycles. The lowest BCUT2D eigenvalue weighted by Gasteiger charge is -2.10. The molecule has 2 amide bonds. The Morgan fingerprint density at radius 3 is 2.33 bits per heavy atom. The summed E-state index contributed by atoms with van der Waals surface area (Å²) >= 11 is 3.33. The van der Waals surface area contributed by atoms with E-state index >= 15 is 0 Å². The minimum Gasteiger partial charge on any atom is -0.493 e. The van der Waals surface area contributed by atoms with E-state index in [1.165, 1.54) is 5.56 Å². The lowest BCUT2D eigenvalue weighted by Crippen LogP contribution is -2.43. The number of carbonyl (C=O) groups excluding carboxylic acids is 2. The van der Waals surface area contributed by atoms with Crippen LogP contribution in [0, 0.1) is 0 Å². The first kappa shape index (κ1) is 21.4. The number of rotatable bonds is 8. The fourth-order valence-corrected chi connectivity index (χ4v) is 2.84. The molecule has 0 aromatic heterocycles. The van der Waals surface area contributed by atoms with Crippen LogP contribution in [0.5, 0.6) is 11.5 Å². The number of hydrogen-bond acceptors (Lipinski definition) is 4. The van der Waals surface area contributed by atoms with Crippen molar-refractivity contribution >= 4 is 27.7 Å². The van der Waals surface area contributed by atoms with Crippen LogP contribution in [0.15, 0.2) is 83.3 Å². The van der Waals surface area contributed by atoms with E-state index in [2.05, 4.69) is 26.8 Å². The highest BCUT2D eigenvalue weighted by molar-refractivity contribution is 9.10. The third-order valence-corrected chi connectivity index (χ3v) is 4.63. The first-order chi connectivity index (χ1) is 14.6. The topological polar surface area (TPSA) is 76.7 Å². The van der Waals surface area contributed by atoms with E-state index in [1.807, 2.05) is 42.5 Å². The number of ether oxygens (including phenoxy) is 2. The Morgan fingerprint density at radius 2 is 1.57 bits per heavy atom. The van der Waals surface area contributed by atoms with E-state index in [4.69, 9.17) is 9.47 Å². The molecule has 0 radical (unpaired) electrons. The van der Waals surface area contributed by atoms with Crippen molar-refractivity contribution in [2.24, 2.45) is 0 Å². The third kappa shape index (κ3) is 6.93. The zero-order valence-corrected chi connectivity index (χ0v) is 17.7. The van der Waals surface area contributed by atoms with Crippen molar-refractivity contribution < 1.29 is 19.1 Å². The van der Waals surface area contributed by atoms with Crippen LogP contribution in [0.3, 0.4) is 0 Å². The molecule has 154 valence electrons. The Bertz CT molecular complexity index is 978. The average molecular weight is 469 g/mol. The van der Waals surface area contributed by atoms with Crippen LogP contribution >= 0.6 is 15.9 Å². The molecular formula is C23H21BrN2O4. The number of halogens is 1. The molecule has 6 nitrogen and oxygen atoms in total. The van der Waals surface area contributed by atoms with Gasteiger partial charge in [0.15, 0.2) is 6.61 Å². The summed E-state index contributed by atoms with van der Waals surface area (Å²) < 4.78 is 12.0. The quantitative estimate of drug-likeness (QED) is 0.491. The molecule has 0 spiro atoms. The average Bonchev–Trinajstić information content (AvgIpc) is 2.78. The summed E-state index contributed by atoms with van der Waals surface area (Å²) in [7, 11) is 0. The summed E-state index contributed by atoms with van der Waals surface area (Å²) in [5, 5.41) is 0. The maximum Gasteiger partial charge on any atom is 0.276 e. The van der Waals surface area contributed by atoms with Crippen molar-refractivity contribution in [2.75, 3.05) is 13.2 Å². The van der Waals surface area contributed by atoms with E-state index in [9.17, 15) is 9.59 Å². The molecule has 0 aliphatic carbocycles. The zero-order valence-electron chi connectivity index (χ0n) is 16.1. The molecule has 7 heteroatoms. The normalized spacial score (nSPS) is 10.2. The van der Waals surface area contributed by atoms with Gasteiger partial charge in [0.2, 0.25) is 0 Å². The number of benzene rings is 3. The highest BCUT2D eigenvalue weighted by atomic mass is 79.9. The second kappa shape index (κ2) is 11.0. The Morgan fingerprint density at radius 1 is 0.800 bits per heavy atom. The lowest BCUT2D eigenvalue weighted by molar-refractivity contribution is -0.123. The van der Waals surface area contributed by atoms with Gasteiger partial charge in [-0.1, -0.05) is 52.3 Å². The van der Waals surface area contributed by atoms with E-state index in [1.54, 1.807) is 36.4 Å². The molecule has 0 saturated carbocycles. The second-order valence-corrected chi connectivity index (χ2v) is 7.27. The van der Waals surface area contributed by atoms with Crippen molar-refractivity contribution in [1.29, 1.82) is 0 Å². The largest absolute Gasteiger partial charge is 0.493 e. The molecule has 3 aromatic rings. The number of carbonyl (C=O) groups is 2. The molecule has 0 bridgehead atoms. The van der Waals surface area contributed by atoms with Crippen LogP contribution in [0.25, 0.3) is 0 Å². The lowest BCUT2D eigenvalue weighted by atomic mass is 10.2. The van der Waals surface area contributed by atoms with Gasteiger partial charge in [-0.3, -0.25) is 20.4 Å². The van der Waals surface area contributed by atoms with E-state index in [-0.39, 0.29) is 6.61 Å². The maximum absolute atomic E-state index is 12.3. The molecule has 3 rings (SSSR count). The summed E-state index contributed by atoms with van der Waals surface area (Å²) in [5.74, 6) is 0.227. The fraction of sp³-hybridized carbons (Fsp3) is 0.130. The number of nitrogens with one attached hydrogen (secondary N) is 2. The Balaban J connectivity index is 1.42. The molecule has 2 N–H and O–H groups in total. The van der Waals surface area contributed by atoms with Crippen LogP contribution in [0.1, 0.15) is 15.9 Å². The van der Waals surface area contributed by atoms with Gasteiger partial charge in [-0.15, -0.1) is 0 Å². The fourth-order valence-electron chi connectivity index (χ4n) is 2.57. The first-order valence-electron chi connectivity index (χ1n) is 9.34. The van der Waals surface area contributed by atoms with Gasteiger partial charge in [0.1, 0.15) is 11.5 Å². The van der Waals surface area contributed by atoms with Crippen molar-refractivity contribution in [3.63, 3.8) is 0 Å². The summed E-state index contributed by atoms with van der Waals surface area (Å²) in [4.78, 5) is 24.2. The van der Waals surface area contributed by atoms with Crippen LogP contribution in [0.2, 0.25) is 0 Å². The van der Waals surface area contributed by atoms with Gasteiger partial charge >= 0.3 is 0 Å². The van der Waals surface area contributed by atoms with Crippen LogP contribution in [-0.4, -0.2) is 25.0 Å². The van der Waals surface area contributed by atoms with Gasteiger partial charge in [0, 0.05) is 16.5 Å². The SMILES string of the molecule is O=C(COc1ccc(Br)cc1)NNC(=O)c1cccc(OCCc2ccccc2)c1.